The van der Waals surface area contributed by atoms with Crippen LogP contribution >= 0.6 is 24.8 Å². The van der Waals surface area contributed by atoms with E-state index in [9.17, 15) is 0 Å². The van der Waals surface area contributed by atoms with Crippen molar-refractivity contribution in [2.24, 2.45) is 0 Å². The van der Waals surface area contributed by atoms with E-state index in [1.54, 1.807) is 5.48 Å². The Morgan fingerprint density at radius 3 is 1.40 bits per heavy atom. The molecule has 0 amide bonds. The summed E-state index contributed by atoms with van der Waals surface area (Å²) in [5.74, 6) is 0. The highest BCUT2D eigenvalue weighted by atomic mass is 35.5. The van der Waals surface area contributed by atoms with Crippen molar-refractivity contribution in [2.45, 2.75) is 0 Å². The van der Waals surface area contributed by atoms with Gasteiger partial charge < -0.3 is 5.21 Å². The van der Waals surface area contributed by atoms with Gasteiger partial charge in [-0.3, -0.25) is 0 Å². The summed E-state index contributed by atoms with van der Waals surface area (Å²) in [5.41, 5.74) is 1.75. The van der Waals surface area contributed by atoms with Crippen LogP contribution in [0.15, 0.2) is 0 Å². The van der Waals surface area contributed by atoms with Gasteiger partial charge in [0.05, 0.1) is 0 Å². The van der Waals surface area contributed by atoms with Gasteiger partial charge in [-0.05, 0) is 0 Å². The first-order chi connectivity index (χ1) is 1.41. The Balaban J connectivity index is -0.0000000200. The molecule has 0 aromatic rings. The van der Waals surface area contributed by atoms with Crippen LogP contribution in [-0.2, 0) is 0 Å². The van der Waals surface area contributed by atoms with Gasteiger partial charge in [0, 0.05) is 7.05 Å². The molecule has 0 saturated heterocycles. The van der Waals surface area contributed by atoms with E-state index in [-0.39, 0.29) is 24.8 Å². The molecule has 5 heavy (non-hydrogen) atoms. The Morgan fingerprint density at radius 2 is 1.40 bits per heavy atom. The molecule has 2 nitrogen and oxygen atoms in total. The minimum Gasteiger partial charge on any atom is -0.317 e. The zero-order valence-electron chi connectivity index (χ0n) is 2.76. The monoisotopic (exact) mass is 119 g/mol. The second kappa shape index (κ2) is 24.5. The Hall–Kier alpha value is 0.500. The van der Waals surface area contributed by atoms with Crippen molar-refractivity contribution < 1.29 is 5.21 Å². The molecular weight excluding hydrogens is 113 g/mol. The Labute approximate surface area is 43.3 Å². The van der Waals surface area contributed by atoms with Gasteiger partial charge in [-0.1, -0.05) is 0 Å². The number of halogens is 2. The molecule has 2 N–H and O–H groups in total. The van der Waals surface area contributed by atoms with Gasteiger partial charge in [0.15, 0.2) is 0 Å². The van der Waals surface area contributed by atoms with E-state index >= 15 is 0 Å². The third-order valence-corrected chi connectivity index (χ3v) is 0. The fourth-order valence-corrected chi connectivity index (χ4v) is 0. The van der Waals surface area contributed by atoms with E-state index in [0.29, 0.717) is 0 Å². The van der Waals surface area contributed by atoms with Gasteiger partial charge in [0.25, 0.3) is 0 Å². The molecule has 0 fully saturated rings. The first kappa shape index (κ1) is 17.8. The zero-order valence-corrected chi connectivity index (χ0v) is 4.40. The molecule has 0 unspecified atom stereocenters. The number of rotatable bonds is 0. The predicted octanol–water partition coefficient (Wildman–Crippen LogP) is 0.439. The largest absolute Gasteiger partial charge is 0.317 e. The average Bonchev–Trinajstić information content (AvgIpc) is 0.918. The summed E-state index contributed by atoms with van der Waals surface area (Å²) < 4.78 is 0. The molecule has 0 aliphatic heterocycles. The Kier molecular flexibility index (Phi) is 87.3. The summed E-state index contributed by atoms with van der Waals surface area (Å²) in [4.78, 5) is 0. The molecule has 0 aliphatic carbocycles. The first-order valence-corrected chi connectivity index (χ1v) is 0.724. The molecule has 0 rings (SSSR count). The molecule has 0 aliphatic rings. The molecular formula is CH7Cl2NO. The third kappa shape index (κ3) is 113. The fourth-order valence-electron chi connectivity index (χ4n) is 0. The van der Waals surface area contributed by atoms with Crippen molar-refractivity contribution in [1.29, 1.82) is 0 Å². The van der Waals surface area contributed by atoms with Crippen LogP contribution in [0.1, 0.15) is 0 Å². The maximum absolute atomic E-state index is 7.32. The summed E-state index contributed by atoms with van der Waals surface area (Å²) in [6.45, 7) is 0. The number of hydroxylamine groups is 1. The van der Waals surface area contributed by atoms with Crippen molar-refractivity contribution in [3.8, 4) is 0 Å². The predicted molar refractivity (Wildman–Crippen MR) is 25.3 cm³/mol. The lowest BCUT2D eigenvalue weighted by molar-refractivity contribution is 0.194. The van der Waals surface area contributed by atoms with Crippen LogP contribution in [0.4, 0.5) is 0 Å². The van der Waals surface area contributed by atoms with Gasteiger partial charge in [0.1, 0.15) is 0 Å². The zero-order chi connectivity index (χ0) is 2.71. The number of nitrogens with one attached hydrogen (secondary N) is 1. The van der Waals surface area contributed by atoms with E-state index in [2.05, 4.69) is 0 Å². The highest BCUT2D eigenvalue weighted by molar-refractivity contribution is 5.85. The van der Waals surface area contributed by atoms with Crippen LogP contribution in [-0.4, -0.2) is 12.3 Å². The molecule has 0 bridgehead atoms. The maximum Gasteiger partial charge on any atom is 0.00929 e. The Morgan fingerprint density at radius 1 is 1.40 bits per heavy atom. The lowest BCUT2D eigenvalue weighted by Gasteiger charge is -1.60. The lowest BCUT2D eigenvalue weighted by atomic mass is 11.6. The van der Waals surface area contributed by atoms with Crippen molar-refractivity contribution in [3.63, 3.8) is 0 Å². The molecule has 4 heteroatoms. The van der Waals surface area contributed by atoms with Crippen LogP contribution in [0.3, 0.4) is 0 Å². The van der Waals surface area contributed by atoms with E-state index in [1.807, 2.05) is 0 Å². The van der Waals surface area contributed by atoms with Gasteiger partial charge in [-0.25, -0.2) is 5.48 Å². The summed E-state index contributed by atoms with van der Waals surface area (Å²) in [5, 5.41) is 7.32. The van der Waals surface area contributed by atoms with Gasteiger partial charge in [0.2, 0.25) is 0 Å². The van der Waals surface area contributed by atoms with Gasteiger partial charge >= 0.3 is 0 Å². The summed E-state index contributed by atoms with van der Waals surface area (Å²) in [6.07, 6.45) is 0. The second-order valence-electron chi connectivity index (χ2n) is 0.224. The first-order valence-electron chi connectivity index (χ1n) is 0.724. The third-order valence-electron chi connectivity index (χ3n) is 0. The SMILES string of the molecule is CNO.Cl.Cl. The van der Waals surface area contributed by atoms with Crippen LogP contribution in [0, 0.1) is 0 Å². The molecule has 0 heterocycles. The smallest absolute Gasteiger partial charge is 0.00929 e. The molecule has 36 valence electrons. The van der Waals surface area contributed by atoms with E-state index in [1.165, 1.54) is 7.05 Å². The van der Waals surface area contributed by atoms with Crippen molar-refractivity contribution >= 4 is 24.8 Å². The molecule has 0 radical (unpaired) electrons. The normalized spacial score (nSPS) is 3.60. The molecule has 0 aromatic heterocycles. The average molecular weight is 120 g/mol. The lowest BCUT2D eigenvalue weighted by Crippen LogP contribution is -1.91. The van der Waals surface area contributed by atoms with Crippen molar-refractivity contribution in [3.05, 3.63) is 0 Å². The van der Waals surface area contributed by atoms with E-state index < -0.39 is 0 Å². The number of hydrogen-bond donors (Lipinski definition) is 2. The molecule has 0 aromatic carbocycles. The maximum atomic E-state index is 7.32. The minimum atomic E-state index is 0. The highest BCUT2D eigenvalue weighted by Gasteiger charge is 1.24. The van der Waals surface area contributed by atoms with Crippen LogP contribution < -0.4 is 5.48 Å². The molecule has 0 spiro atoms. The summed E-state index contributed by atoms with van der Waals surface area (Å²) >= 11 is 0. The minimum absolute atomic E-state index is 0. The standard InChI is InChI=1S/CH5NO.2ClH/c1-2-3;;/h2-3H,1H3;2*1H. The quantitative estimate of drug-likeness (QED) is 0.454. The van der Waals surface area contributed by atoms with Crippen molar-refractivity contribution in [2.75, 3.05) is 7.05 Å². The highest BCUT2D eigenvalue weighted by Crippen LogP contribution is 0.957. The molecule has 0 saturated carbocycles. The van der Waals surface area contributed by atoms with Crippen LogP contribution in [0.2, 0.25) is 0 Å². The van der Waals surface area contributed by atoms with Crippen molar-refractivity contribution in [1.82, 2.24) is 5.48 Å². The van der Waals surface area contributed by atoms with Crippen LogP contribution in [0.25, 0.3) is 0 Å². The molecule has 0 atom stereocenters. The van der Waals surface area contributed by atoms with E-state index in [0.717, 1.165) is 0 Å². The fraction of sp³-hybridized carbons (Fsp3) is 1.00. The second-order valence-corrected chi connectivity index (χ2v) is 0.224. The topological polar surface area (TPSA) is 32.3 Å². The Bertz CT molecular complexity index is 9.61. The number of hydrogen-bond acceptors (Lipinski definition) is 2. The van der Waals surface area contributed by atoms with Gasteiger partial charge in [-0.2, -0.15) is 0 Å². The van der Waals surface area contributed by atoms with Gasteiger partial charge in [-0.15, -0.1) is 24.8 Å². The summed E-state index contributed by atoms with van der Waals surface area (Å²) in [7, 11) is 1.43. The summed E-state index contributed by atoms with van der Waals surface area (Å²) in [6, 6.07) is 0. The van der Waals surface area contributed by atoms with E-state index in [4.69, 9.17) is 5.21 Å². The van der Waals surface area contributed by atoms with Crippen LogP contribution in [0.5, 0.6) is 0 Å².